The maximum atomic E-state index is 3.74. The van der Waals surface area contributed by atoms with Gasteiger partial charge < -0.3 is 10.2 Å². The minimum atomic E-state index is 0.573. The average molecular weight is 226 g/mol. The highest BCUT2D eigenvalue weighted by molar-refractivity contribution is 4.80. The van der Waals surface area contributed by atoms with Gasteiger partial charge in [0.25, 0.3) is 0 Å². The zero-order chi connectivity index (χ0) is 12.2. The van der Waals surface area contributed by atoms with Crippen LogP contribution in [0.1, 0.15) is 52.9 Å². The average Bonchev–Trinajstić information content (AvgIpc) is 2.36. The van der Waals surface area contributed by atoms with Crippen LogP contribution in [0, 0.1) is 5.41 Å². The fraction of sp³-hybridized carbons (Fsp3) is 1.00. The van der Waals surface area contributed by atoms with E-state index in [1.54, 1.807) is 0 Å². The highest BCUT2D eigenvalue weighted by atomic mass is 15.1. The molecule has 16 heavy (non-hydrogen) atoms. The molecule has 0 aromatic rings. The van der Waals surface area contributed by atoms with E-state index in [0.29, 0.717) is 11.5 Å². The van der Waals surface area contributed by atoms with Gasteiger partial charge in [-0.1, -0.05) is 20.3 Å². The fourth-order valence-electron chi connectivity index (χ4n) is 2.39. The second-order valence-electron chi connectivity index (χ2n) is 6.51. The van der Waals surface area contributed by atoms with Crippen LogP contribution in [0.25, 0.3) is 0 Å². The monoisotopic (exact) mass is 226 g/mol. The molecule has 2 heteroatoms. The van der Waals surface area contributed by atoms with E-state index in [2.05, 4.69) is 45.1 Å². The molecular weight excluding hydrogens is 196 g/mol. The fourth-order valence-corrected chi connectivity index (χ4v) is 2.39. The lowest BCUT2D eigenvalue weighted by atomic mass is 9.85. The quantitative estimate of drug-likeness (QED) is 0.742. The minimum absolute atomic E-state index is 0.573. The van der Waals surface area contributed by atoms with Crippen LogP contribution in [-0.4, -0.2) is 37.6 Å². The Kier molecular flexibility index (Phi) is 5.26. The molecule has 96 valence electrons. The zero-order valence-electron chi connectivity index (χ0n) is 11.8. The molecule has 0 heterocycles. The second-order valence-corrected chi connectivity index (χ2v) is 6.51. The van der Waals surface area contributed by atoms with Crippen molar-refractivity contribution in [2.45, 2.75) is 65.0 Å². The summed E-state index contributed by atoms with van der Waals surface area (Å²) in [5.41, 5.74) is 0.573. The van der Waals surface area contributed by atoms with Crippen LogP contribution in [0.2, 0.25) is 0 Å². The van der Waals surface area contributed by atoms with Crippen molar-refractivity contribution in [1.29, 1.82) is 0 Å². The standard InChI is InChI=1S/C14H30N2/c1-12(16(4)5)11-15-13-7-6-9-14(2,3)10-8-13/h12-13,15H,6-11H2,1-5H3. The molecule has 1 rings (SSSR count). The Balaban J connectivity index is 2.28. The third-order valence-corrected chi connectivity index (χ3v) is 4.16. The molecule has 1 aliphatic carbocycles. The first-order valence-electron chi connectivity index (χ1n) is 6.80. The van der Waals surface area contributed by atoms with Crippen LogP contribution in [0.3, 0.4) is 0 Å². The number of likely N-dealkylation sites (N-methyl/N-ethyl adjacent to an activating group) is 1. The number of hydrogen-bond donors (Lipinski definition) is 1. The number of nitrogens with one attached hydrogen (secondary N) is 1. The largest absolute Gasteiger partial charge is 0.312 e. The Morgan fingerprint density at radius 3 is 2.56 bits per heavy atom. The smallest absolute Gasteiger partial charge is 0.0186 e. The summed E-state index contributed by atoms with van der Waals surface area (Å²) in [7, 11) is 4.31. The lowest BCUT2D eigenvalue weighted by Crippen LogP contribution is -2.40. The van der Waals surface area contributed by atoms with E-state index in [-0.39, 0.29) is 0 Å². The molecule has 0 spiro atoms. The van der Waals surface area contributed by atoms with Gasteiger partial charge in [0.1, 0.15) is 0 Å². The van der Waals surface area contributed by atoms with E-state index in [9.17, 15) is 0 Å². The van der Waals surface area contributed by atoms with Crippen LogP contribution in [-0.2, 0) is 0 Å². The van der Waals surface area contributed by atoms with Crippen molar-refractivity contribution in [1.82, 2.24) is 10.2 Å². The molecule has 0 radical (unpaired) electrons. The van der Waals surface area contributed by atoms with Crippen molar-refractivity contribution in [3.05, 3.63) is 0 Å². The highest BCUT2D eigenvalue weighted by Crippen LogP contribution is 2.33. The van der Waals surface area contributed by atoms with Gasteiger partial charge >= 0.3 is 0 Å². The van der Waals surface area contributed by atoms with Gasteiger partial charge in [-0.05, 0) is 52.1 Å². The van der Waals surface area contributed by atoms with Gasteiger partial charge in [-0.3, -0.25) is 0 Å². The van der Waals surface area contributed by atoms with Crippen LogP contribution in [0.15, 0.2) is 0 Å². The zero-order valence-corrected chi connectivity index (χ0v) is 11.8. The van der Waals surface area contributed by atoms with E-state index in [1.807, 2.05) is 0 Å². The van der Waals surface area contributed by atoms with Crippen molar-refractivity contribution in [2.24, 2.45) is 5.41 Å². The molecule has 2 atom stereocenters. The first kappa shape index (κ1) is 14.0. The van der Waals surface area contributed by atoms with Crippen molar-refractivity contribution in [3.63, 3.8) is 0 Å². The van der Waals surface area contributed by atoms with Crippen LogP contribution < -0.4 is 5.32 Å². The molecule has 0 aliphatic heterocycles. The van der Waals surface area contributed by atoms with Gasteiger partial charge in [-0.2, -0.15) is 0 Å². The van der Waals surface area contributed by atoms with Crippen molar-refractivity contribution in [2.75, 3.05) is 20.6 Å². The molecule has 1 N–H and O–H groups in total. The van der Waals surface area contributed by atoms with Crippen LogP contribution in [0.4, 0.5) is 0 Å². The summed E-state index contributed by atoms with van der Waals surface area (Å²) in [6, 6.07) is 1.39. The minimum Gasteiger partial charge on any atom is -0.312 e. The summed E-state index contributed by atoms with van der Waals surface area (Å²) >= 11 is 0. The van der Waals surface area contributed by atoms with Gasteiger partial charge in [0, 0.05) is 18.6 Å². The van der Waals surface area contributed by atoms with Gasteiger partial charge in [0.05, 0.1) is 0 Å². The second kappa shape index (κ2) is 6.02. The number of rotatable bonds is 4. The topological polar surface area (TPSA) is 15.3 Å². The van der Waals surface area contributed by atoms with Crippen molar-refractivity contribution in [3.8, 4) is 0 Å². The summed E-state index contributed by atoms with van der Waals surface area (Å²) in [5, 5.41) is 3.74. The molecule has 2 unspecified atom stereocenters. The summed E-state index contributed by atoms with van der Waals surface area (Å²) in [5.74, 6) is 0. The Bertz CT molecular complexity index is 199. The molecule has 2 nitrogen and oxygen atoms in total. The summed E-state index contributed by atoms with van der Waals surface area (Å²) < 4.78 is 0. The van der Waals surface area contributed by atoms with Gasteiger partial charge in [0.15, 0.2) is 0 Å². The normalized spacial score (nSPS) is 27.8. The molecule has 1 aliphatic rings. The van der Waals surface area contributed by atoms with Crippen LogP contribution >= 0.6 is 0 Å². The predicted molar refractivity (Wildman–Crippen MR) is 71.8 cm³/mol. The highest BCUT2D eigenvalue weighted by Gasteiger charge is 2.24. The molecule has 0 saturated heterocycles. The van der Waals surface area contributed by atoms with Crippen LogP contribution in [0.5, 0.6) is 0 Å². The Labute approximate surface area is 102 Å². The Hall–Kier alpha value is -0.0800. The molecular formula is C14H30N2. The lowest BCUT2D eigenvalue weighted by molar-refractivity contribution is 0.282. The predicted octanol–water partition coefficient (Wildman–Crippen LogP) is 2.89. The maximum Gasteiger partial charge on any atom is 0.0186 e. The molecule has 0 amide bonds. The summed E-state index contributed by atoms with van der Waals surface area (Å²) in [4.78, 5) is 2.29. The van der Waals surface area contributed by atoms with Gasteiger partial charge in [0.2, 0.25) is 0 Å². The summed E-state index contributed by atoms with van der Waals surface area (Å²) in [6.45, 7) is 8.24. The van der Waals surface area contributed by atoms with E-state index in [0.717, 1.165) is 12.6 Å². The first-order valence-corrected chi connectivity index (χ1v) is 6.80. The first-order chi connectivity index (χ1) is 7.41. The number of hydrogen-bond acceptors (Lipinski definition) is 2. The van der Waals surface area contributed by atoms with Gasteiger partial charge in [-0.25, -0.2) is 0 Å². The van der Waals surface area contributed by atoms with E-state index in [1.165, 1.54) is 32.1 Å². The molecule has 1 saturated carbocycles. The van der Waals surface area contributed by atoms with E-state index < -0.39 is 0 Å². The maximum absolute atomic E-state index is 3.74. The third kappa shape index (κ3) is 4.84. The van der Waals surface area contributed by atoms with E-state index >= 15 is 0 Å². The number of nitrogens with zero attached hydrogens (tertiary/aromatic N) is 1. The van der Waals surface area contributed by atoms with Crippen molar-refractivity contribution >= 4 is 0 Å². The molecule has 0 aromatic carbocycles. The molecule has 0 bridgehead atoms. The summed E-state index contributed by atoms with van der Waals surface area (Å²) in [6.07, 6.45) is 6.88. The SMILES string of the molecule is CC(CNC1CCCC(C)(C)CC1)N(C)C. The third-order valence-electron chi connectivity index (χ3n) is 4.16. The molecule has 1 fully saturated rings. The lowest BCUT2D eigenvalue weighted by Gasteiger charge is -2.25. The van der Waals surface area contributed by atoms with Crippen molar-refractivity contribution < 1.29 is 0 Å². The Morgan fingerprint density at radius 2 is 1.94 bits per heavy atom. The molecule has 0 aromatic heterocycles. The van der Waals surface area contributed by atoms with E-state index in [4.69, 9.17) is 0 Å². The Morgan fingerprint density at radius 1 is 1.25 bits per heavy atom. The van der Waals surface area contributed by atoms with Gasteiger partial charge in [-0.15, -0.1) is 0 Å².